The van der Waals surface area contributed by atoms with Crippen LogP contribution in [0, 0.1) is 5.92 Å². The second-order valence-corrected chi connectivity index (χ2v) is 6.17. The van der Waals surface area contributed by atoms with Gasteiger partial charge in [-0.25, -0.2) is 0 Å². The van der Waals surface area contributed by atoms with E-state index < -0.39 is 6.04 Å². The fraction of sp³-hybridized carbons (Fsp3) is 0.467. The van der Waals surface area contributed by atoms with Crippen molar-refractivity contribution < 1.29 is 9.59 Å². The number of nitrogens with zero attached hydrogens (tertiary/aromatic N) is 1. The minimum Gasteiger partial charge on any atom is -0.342 e. The van der Waals surface area contributed by atoms with Crippen LogP contribution in [-0.2, 0) is 16.1 Å². The second-order valence-electron chi connectivity index (χ2n) is 5.25. The summed E-state index contributed by atoms with van der Waals surface area (Å²) in [4.78, 5) is 25.9. The predicted octanol–water partition coefficient (Wildman–Crippen LogP) is 2.32. The van der Waals surface area contributed by atoms with Crippen molar-refractivity contribution in [3.63, 3.8) is 0 Å². The summed E-state index contributed by atoms with van der Waals surface area (Å²) in [5.41, 5.74) is 1.02. The molecule has 0 saturated carbocycles. The first kappa shape index (κ1) is 15.0. The molecule has 0 spiro atoms. The van der Waals surface area contributed by atoms with Gasteiger partial charge in [0.25, 0.3) is 0 Å². The first-order valence-electron chi connectivity index (χ1n) is 6.84. The lowest BCUT2D eigenvalue weighted by Crippen LogP contribution is -2.59. The molecule has 1 N–H and O–H groups in total. The SMILES string of the molecule is CCC(C)C1NC(=O)CN(Cc2cccc(Br)c2)C1=O. The number of carbonyl (C=O) groups excluding carboxylic acids is 2. The highest BCUT2D eigenvalue weighted by atomic mass is 79.9. The average molecular weight is 339 g/mol. The van der Waals surface area contributed by atoms with Crippen molar-refractivity contribution in [2.75, 3.05) is 6.54 Å². The van der Waals surface area contributed by atoms with Crippen molar-refractivity contribution in [3.8, 4) is 0 Å². The Morgan fingerprint density at radius 3 is 2.85 bits per heavy atom. The van der Waals surface area contributed by atoms with Crippen LogP contribution in [0.3, 0.4) is 0 Å². The fourth-order valence-corrected chi connectivity index (χ4v) is 2.79. The van der Waals surface area contributed by atoms with Crippen molar-refractivity contribution in [2.45, 2.75) is 32.9 Å². The van der Waals surface area contributed by atoms with Crippen molar-refractivity contribution in [1.29, 1.82) is 0 Å². The maximum Gasteiger partial charge on any atom is 0.246 e. The average Bonchev–Trinajstić information content (AvgIpc) is 2.41. The summed E-state index contributed by atoms with van der Waals surface area (Å²) in [7, 11) is 0. The van der Waals surface area contributed by atoms with Crippen molar-refractivity contribution in [3.05, 3.63) is 34.3 Å². The maximum atomic E-state index is 12.5. The molecule has 0 aliphatic carbocycles. The molecule has 1 aliphatic rings. The largest absolute Gasteiger partial charge is 0.342 e. The van der Waals surface area contributed by atoms with E-state index in [2.05, 4.69) is 21.2 Å². The molecule has 1 aliphatic heterocycles. The third kappa shape index (κ3) is 3.39. The minimum absolute atomic E-state index is 0.0129. The maximum absolute atomic E-state index is 12.5. The molecular weight excluding hydrogens is 320 g/mol. The number of piperazine rings is 1. The smallest absolute Gasteiger partial charge is 0.246 e. The Morgan fingerprint density at radius 1 is 1.45 bits per heavy atom. The van der Waals surface area contributed by atoms with E-state index in [1.807, 2.05) is 38.1 Å². The highest BCUT2D eigenvalue weighted by Gasteiger charge is 2.35. The van der Waals surface area contributed by atoms with E-state index in [1.165, 1.54) is 0 Å². The number of nitrogens with one attached hydrogen (secondary N) is 1. The van der Waals surface area contributed by atoms with E-state index in [-0.39, 0.29) is 24.3 Å². The molecule has 108 valence electrons. The molecule has 2 unspecified atom stereocenters. The number of hydrogen-bond acceptors (Lipinski definition) is 2. The minimum atomic E-state index is -0.395. The summed E-state index contributed by atoms with van der Waals surface area (Å²) >= 11 is 3.42. The van der Waals surface area contributed by atoms with Gasteiger partial charge in [0.1, 0.15) is 6.04 Å². The number of amides is 2. The lowest BCUT2D eigenvalue weighted by molar-refractivity contribution is -0.146. The number of halogens is 1. The van der Waals surface area contributed by atoms with Gasteiger partial charge in [-0.15, -0.1) is 0 Å². The first-order valence-corrected chi connectivity index (χ1v) is 7.63. The van der Waals surface area contributed by atoms with Crippen LogP contribution in [0.2, 0.25) is 0 Å². The van der Waals surface area contributed by atoms with Gasteiger partial charge in [-0.05, 0) is 23.6 Å². The molecule has 2 atom stereocenters. The van der Waals surface area contributed by atoms with Crippen molar-refractivity contribution in [2.24, 2.45) is 5.92 Å². The Bertz CT molecular complexity index is 518. The van der Waals surface area contributed by atoms with Gasteiger partial charge in [0.05, 0.1) is 6.54 Å². The molecular formula is C15H19BrN2O2. The molecule has 0 aromatic heterocycles. The van der Waals surface area contributed by atoms with E-state index in [1.54, 1.807) is 4.90 Å². The highest BCUT2D eigenvalue weighted by molar-refractivity contribution is 9.10. The van der Waals surface area contributed by atoms with Gasteiger partial charge in [0.2, 0.25) is 11.8 Å². The van der Waals surface area contributed by atoms with E-state index in [9.17, 15) is 9.59 Å². The normalized spacial score (nSPS) is 20.8. The Morgan fingerprint density at radius 2 is 2.20 bits per heavy atom. The Kier molecular flexibility index (Phi) is 4.81. The molecule has 1 aromatic rings. The lowest BCUT2D eigenvalue weighted by atomic mass is 9.96. The van der Waals surface area contributed by atoms with Crippen LogP contribution in [0.25, 0.3) is 0 Å². The van der Waals surface area contributed by atoms with E-state index in [0.717, 1.165) is 16.5 Å². The monoisotopic (exact) mass is 338 g/mol. The first-order chi connectivity index (χ1) is 9.51. The third-order valence-corrected chi connectivity index (χ3v) is 4.20. The van der Waals surface area contributed by atoms with E-state index in [4.69, 9.17) is 0 Å². The second kappa shape index (κ2) is 6.39. The van der Waals surface area contributed by atoms with Gasteiger partial charge < -0.3 is 10.2 Å². The standard InChI is InChI=1S/C15H19BrN2O2/c1-3-10(2)14-15(20)18(9-13(19)17-14)8-11-5-4-6-12(16)7-11/h4-7,10,14H,3,8-9H2,1-2H3,(H,17,19). The third-order valence-electron chi connectivity index (χ3n) is 3.70. The molecule has 1 fully saturated rings. The number of hydrogen-bond donors (Lipinski definition) is 1. The summed E-state index contributed by atoms with van der Waals surface area (Å²) < 4.78 is 0.974. The molecule has 20 heavy (non-hydrogen) atoms. The molecule has 2 rings (SSSR count). The van der Waals surface area contributed by atoms with Crippen LogP contribution < -0.4 is 5.32 Å². The number of benzene rings is 1. The summed E-state index contributed by atoms with van der Waals surface area (Å²) in [5.74, 6) is 0.0839. The van der Waals surface area contributed by atoms with Crippen LogP contribution >= 0.6 is 15.9 Å². The van der Waals surface area contributed by atoms with Crippen LogP contribution in [0.4, 0.5) is 0 Å². The number of carbonyl (C=O) groups is 2. The topological polar surface area (TPSA) is 49.4 Å². The van der Waals surface area contributed by atoms with Crippen molar-refractivity contribution in [1.82, 2.24) is 10.2 Å². The van der Waals surface area contributed by atoms with Crippen LogP contribution in [0.1, 0.15) is 25.8 Å². The van der Waals surface area contributed by atoms with Gasteiger partial charge in [-0.3, -0.25) is 9.59 Å². The fourth-order valence-electron chi connectivity index (χ4n) is 2.34. The Hall–Kier alpha value is -1.36. The summed E-state index contributed by atoms with van der Waals surface area (Å²) in [6.45, 7) is 4.62. The lowest BCUT2D eigenvalue weighted by Gasteiger charge is -2.35. The van der Waals surface area contributed by atoms with Gasteiger partial charge >= 0.3 is 0 Å². The molecule has 0 bridgehead atoms. The van der Waals surface area contributed by atoms with Crippen LogP contribution in [0.5, 0.6) is 0 Å². The zero-order valence-corrected chi connectivity index (χ0v) is 13.3. The van der Waals surface area contributed by atoms with Gasteiger partial charge in [0.15, 0.2) is 0 Å². The predicted molar refractivity (Wildman–Crippen MR) is 80.9 cm³/mol. The molecule has 1 heterocycles. The van der Waals surface area contributed by atoms with Crippen LogP contribution in [0.15, 0.2) is 28.7 Å². The van der Waals surface area contributed by atoms with Crippen molar-refractivity contribution >= 4 is 27.7 Å². The summed E-state index contributed by atoms with van der Waals surface area (Å²) in [6, 6.07) is 7.41. The zero-order valence-electron chi connectivity index (χ0n) is 11.7. The molecule has 1 aromatic carbocycles. The van der Waals surface area contributed by atoms with Gasteiger partial charge in [-0.2, -0.15) is 0 Å². The highest BCUT2D eigenvalue weighted by Crippen LogP contribution is 2.18. The number of rotatable bonds is 4. The van der Waals surface area contributed by atoms with E-state index in [0.29, 0.717) is 6.54 Å². The van der Waals surface area contributed by atoms with Crippen LogP contribution in [-0.4, -0.2) is 29.3 Å². The molecule has 5 heteroatoms. The van der Waals surface area contributed by atoms with E-state index >= 15 is 0 Å². The molecule has 4 nitrogen and oxygen atoms in total. The summed E-state index contributed by atoms with van der Waals surface area (Å²) in [6.07, 6.45) is 0.863. The summed E-state index contributed by atoms with van der Waals surface area (Å²) in [5, 5.41) is 2.80. The molecule has 1 saturated heterocycles. The van der Waals surface area contributed by atoms with Gasteiger partial charge in [0, 0.05) is 11.0 Å². The quantitative estimate of drug-likeness (QED) is 0.915. The molecule has 2 amide bonds. The zero-order chi connectivity index (χ0) is 14.7. The Labute approximate surface area is 127 Å². The van der Waals surface area contributed by atoms with Gasteiger partial charge in [-0.1, -0.05) is 48.3 Å². The Balaban J connectivity index is 2.14. The molecule has 0 radical (unpaired) electrons.